The zero-order valence-corrected chi connectivity index (χ0v) is 20.4. The van der Waals surface area contributed by atoms with Gasteiger partial charge in [-0.3, -0.25) is 10.2 Å². The Hall–Kier alpha value is -3.34. The number of nitrogens with zero attached hydrogens (tertiary/aromatic N) is 5. The minimum atomic E-state index is -0.437. The second kappa shape index (κ2) is 11.4. The number of piperazine rings is 1. The molecule has 1 aliphatic heterocycles. The predicted octanol–water partition coefficient (Wildman–Crippen LogP) is 3.75. The highest BCUT2D eigenvalue weighted by molar-refractivity contribution is 6.30. The molecule has 9 nitrogen and oxygen atoms in total. The van der Waals surface area contributed by atoms with E-state index in [9.17, 15) is 9.18 Å². The van der Waals surface area contributed by atoms with Gasteiger partial charge in [-0.1, -0.05) is 11.6 Å². The van der Waals surface area contributed by atoms with E-state index >= 15 is 0 Å². The third-order valence-electron chi connectivity index (χ3n) is 5.77. The maximum absolute atomic E-state index is 14.3. The Bertz CT molecular complexity index is 1190. The molecule has 1 aromatic carbocycles. The molecule has 35 heavy (non-hydrogen) atoms. The van der Waals surface area contributed by atoms with Crippen molar-refractivity contribution < 1.29 is 9.18 Å². The van der Waals surface area contributed by atoms with Gasteiger partial charge in [0.25, 0.3) is 0 Å². The standard InChI is InChI=1S/C24H28ClFN8O/c1-16-21(15-22(32-31-16)19-13-17(25)3-4-20(19)26)29-18-5-6-27-23(14-18)30-24(35)28-7-8-34-11-9-33(2)10-12-34/h3-6,13-15H,7-12H2,1-2H3,(H3,27,28,29,30,32,35). The maximum atomic E-state index is 14.3. The molecule has 0 saturated carbocycles. The monoisotopic (exact) mass is 498 g/mol. The molecule has 2 amide bonds. The summed E-state index contributed by atoms with van der Waals surface area (Å²) < 4.78 is 14.3. The van der Waals surface area contributed by atoms with Gasteiger partial charge in [0.1, 0.15) is 11.6 Å². The number of halogens is 2. The third-order valence-corrected chi connectivity index (χ3v) is 6.01. The Morgan fingerprint density at radius 3 is 2.71 bits per heavy atom. The highest BCUT2D eigenvalue weighted by atomic mass is 35.5. The van der Waals surface area contributed by atoms with Crippen LogP contribution < -0.4 is 16.0 Å². The summed E-state index contributed by atoms with van der Waals surface area (Å²) >= 11 is 6.02. The number of hydrogen-bond donors (Lipinski definition) is 3. The van der Waals surface area contributed by atoms with Gasteiger partial charge in [0.15, 0.2) is 0 Å². The van der Waals surface area contributed by atoms with Crippen LogP contribution in [-0.2, 0) is 0 Å². The molecule has 0 bridgehead atoms. The van der Waals surface area contributed by atoms with Crippen LogP contribution in [0.25, 0.3) is 11.3 Å². The first-order chi connectivity index (χ1) is 16.9. The molecule has 0 unspecified atom stereocenters. The van der Waals surface area contributed by atoms with Gasteiger partial charge in [0.2, 0.25) is 0 Å². The molecule has 1 saturated heterocycles. The number of rotatable bonds is 7. The summed E-state index contributed by atoms with van der Waals surface area (Å²) in [5.41, 5.74) is 2.57. The molecule has 0 radical (unpaired) electrons. The van der Waals surface area contributed by atoms with E-state index in [1.807, 2.05) is 0 Å². The van der Waals surface area contributed by atoms with Gasteiger partial charge in [0.05, 0.1) is 17.1 Å². The summed E-state index contributed by atoms with van der Waals surface area (Å²) in [6.45, 7) is 7.24. The summed E-state index contributed by atoms with van der Waals surface area (Å²) in [7, 11) is 2.11. The van der Waals surface area contributed by atoms with Crippen molar-refractivity contribution in [3.8, 4) is 11.3 Å². The minimum Gasteiger partial charge on any atom is -0.354 e. The average Bonchev–Trinajstić information content (AvgIpc) is 2.83. The lowest BCUT2D eigenvalue weighted by atomic mass is 10.1. The van der Waals surface area contributed by atoms with Crippen molar-refractivity contribution in [2.45, 2.75) is 6.92 Å². The van der Waals surface area contributed by atoms with Crippen molar-refractivity contribution in [3.05, 3.63) is 59.1 Å². The quantitative estimate of drug-likeness (QED) is 0.456. The number of anilines is 3. The van der Waals surface area contributed by atoms with Crippen LogP contribution in [0.3, 0.4) is 0 Å². The van der Waals surface area contributed by atoms with Gasteiger partial charge in [0, 0.05) is 67.8 Å². The lowest BCUT2D eigenvalue weighted by Crippen LogP contribution is -2.47. The number of aryl methyl sites for hydroxylation is 1. The molecule has 11 heteroatoms. The van der Waals surface area contributed by atoms with Gasteiger partial charge in [-0.05, 0) is 44.3 Å². The van der Waals surface area contributed by atoms with E-state index in [1.54, 1.807) is 31.3 Å². The van der Waals surface area contributed by atoms with Crippen molar-refractivity contribution in [1.82, 2.24) is 30.3 Å². The molecule has 184 valence electrons. The number of pyridine rings is 1. The molecule has 2 aromatic heterocycles. The fourth-order valence-corrected chi connectivity index (χ4v) is 3.87. The van der Waals surface area contributed by atoms with E-state index in [0.29, 0.717) is 40.1 Å². The second-order valence-electron chi connectivity index (χ2n) is 8.43. The maximum Gasteiger partial charge on any atom is 0.320 e. The molecular weight excluding hydrogens is 471 g/mol. The number of amides is 2. The normalized spacial score (nSPS) is 14.5. The zero-order chi connectivity index (χ0) is 24.8. The van der Waals surface area contributed by atoms with Gasteiger partial charge in [-0.15, -0.1) is 0 Å². The molecule has 0 atom stereocenters. The van der Waals surface area contributed by atoms with Gasteiger partial charge >= 0.3 is 6.03 Å². The summed E-state index contributed by atoms with van der Waals surface area (Å²) in [6, 6.07) is 9.14. The summed E-state index contributed by atoms with van der Waals surface area (Å²) in [5, 5.41) is 17.5. The van der Waals surface area contributed by atoms with Crippen molar-refractivity contribution in [2.75, 3.05) is 56.9 Å². The van der Waals surface area contributed by atoms with Crippen LogP contribution in [0.2, 0.25) is 5.02 Å². The van der Waals surface area contributed by atoms with E-state index < -0.39 is 5.82 Å². The number of likely N-dealkylation sites (N-methyl/N-ethyl adjacent to an activating group) is 1. The van der Waals surface area contributed by atoms with E-state index in [4.69, 9.17) is 11.6 Å². The smallest absolute Gasteiger partial charge is 0.320 e. The van der Waals surface area contributed by atoms with Crippen molar-refractivity contribution in [2.24, 2.45) is 0 Å². The first kappa shape index (κ1) is 24.8. The first-order valence-electron chi connectivity index (χ1n) is 11.4. The van der Waals surface area contributed by atoms with Gasteiger partial charge in [-0.25, -0.2) is 14.2 Å². The molecular formula is C24H28ClFN8O. The molecule has 4 rings (SSSR count). The lowest BCUT2D eigenvalue weighted by molar-refractivity contribution is 0.155. The van der Waals surface area contributed by atoms with Crippen LogP contribution in [0, 0.1) is 12.7 Å². The fourth-order valence-electron chi connectivity index (χ4n) is 3.70. The SMILES string of the molecule is Cc1nnc(-c2cc(Cl)ccc2F)cc1Nc1ccnc(NC(=O)NCCN2CCN(C)CC2)c1. The molecule has 1 fully saturated rings. The number of carbonyl (C=O) groups excluding carboxylic acids is 1. The third kappa shape index (κ3) is 6.84. The summed E-state index contributed by atoms with van der Waals surface area (Å²) in [6.07, 6.45) is 1.59. The van der Waals surface area contributed by atoms with Crippen LogP contribution in [0.1, 0.15) is 5.69 Å². The van der Waals surface area contributed by atoms with Crippen molar-refractivity contribution >= 4 is 34.8 Å². The Balaban J connectivity index is 1.37. The first-order valence-corrected chi connectivity index (χ1v) is 11.7. The summed E-state index contributed by atoms with van der Waals surface area (Å²) in [5.74, 6) is -0.0413. The van der Waals surface area contributed by atoms with E-state index in [0.717, 1.165) is 32.7 Å². The Morgan fingerprint density at radius 1 is 1.11 bits per heavy atom. The topological polar surface area (TPSA) is 98.3 Å². The Labute approximate surface area is 208 Å². The number of urea groups is 1. The molecule has 0 aliphatic carbocycles. The predicted molar refractivity (Wildman–Crippen MR) is 136 cm³/mol. The lowest BCUT2D eigenvalue weighted by Gasteiger charge is -2.32. The second-order valence-corrected chi connectivity index (χ2v) is 8.87. The molecule has 3 heterocycles. The van der Waals surface area contributed by atoms with E-state index in [1.165, 1.54) is 18.2 Å². The Kier molecular flexibility index (Phi) is 8.06. The van der Waals surface area contributed by atoms with Gasteiger partial charge < -0.3 is 15.5 Å². The van der Waals surface area contributed by atoms with E-state index in [-0.39, 0.29) is 11.6 Å². The van der Waals surface area contributed by atoms with Gasteiger partial charge in [-0.2, -0.15) is 10.2 Å². The van der Waals surface area contributed by atoms with Crippen LogP contribution in [0.4, 0.5) is 26.4 Å². The van der Waals surface area contributed by atoms with Crippen molar-refractivity contribution in [1.29, 1.82) is 0 Å². The van der Waals surface area contributed by atoms with Crippen LogP contribution in [0.15, 0.2) is 42.6 Å². The average molecular weight is 499 g/mol. The Morgan fingerprint density at radius 2 is 1.91 bits per heavy atom. The highest BCUT2D eigenvalue weighted by Crippen LogP contribution is 2.28. The van der Waals surface area contributed by atoms with Crippen LogP contribution in [0.5, 0.6) is 0 Å². The number of aromatic nitrogens is 3. The van der Waals surface area contributed by atoms with Crippen LogP contribution in [-0.4, -0.2) is 77.3 Å². The highest BCUT2D eigenvalue weighted by Gasteiger charge is 2.14. The molecule has 1 aliphatic rings. The number of benzene rings is 1. The molecule has 3 aromatic rings. The van der Waals surface area contributed by atoms with Crippen LogP contribution >= 0.6 is 11.6 Å². The van der Waals surface area contributed by atoms with Crippen molar-refractivity contribution in [3.63, 3.8) is 0 Å². The number of hydrogen-bond acceptors (Lipinski definition) is 7. The molecule has 0 spiro atoms. The van der Waals surface area contributed by atoms with E-state index in [2.05, 4.69) is 48.0 Å². The fraction of sp³-hybridized carbons (Fsp3) is 0.333. The number of nitrogens with one attached hydrogen (secondary N) is 3. The number of carbonyl (C=O) groups is 1. The molecule has 3 N–H and O–H groups in total. The summed E-state index contributed by atoms with van der Waals surface area (Å²) in [4.78, 5) is 21.2. The zero-order valence-electron chi connectivity index (χ0n) is 19.7. The minimum absolute atomic E-state index is 0.262. The largest absolute Gasteiger partial charge is 0.354 e.